The molecular weight excluding hydrogens is 255 g/mol. The van der Waals surface area contributed by atoms with Crippen molar-refractivity contribution < 1.29 is 0 Å². The van der Waals surface area contributed by atoms with Crippen LogP contribution in [0.4, 0.5) is 0 Å². The Kier molecular flexibility index (Phi) is 3.38. The van der Waals surface area contributed by atoms with Gasteiger partial charge in [0.25, 0.3) is 6.69 Å². The monoisotopic (exact) mass is 266 g/mol. The van der Waals surface area contributed by atoms with E-state index in [0.29, 0.717) is 0 Å². The van der Waals surface area contributed by atoms with Crippen LogP contribution in [0.2, 0.25) is 6.55 Å². The van der Waals surface area contributed by atoms with Crippen LogP contribution >= 0.6 is 22.2 Å². The van der Waals surface area contributed by atoms with Crippen molar-refractivity contribution >= 4 is 34.0 Å². The van der Waals surface area contributed by atoms with Gasteiger partial charge in [-0.3, -0.25) is 0 Å². The first-order valence-corrected chi connectivity index (χ1v) is 9.63. The summed E-state index contributed by atoms with van der Waals surface area (Å²) in [5, 5.41) is 1.05. The maximum Gasteiger partial charge on any atom is 0.277 e. The van der Waals surface area contributed by atoms with E-state index in [1.165, 1.54) is 11.1 Å². The van der Waals surface area contributed by atoms with E-state index in [0.717, 1.165) is 5.19 Å². The summed E-state index contributed by atoms with van der Waals surface area (Å²) in [6.45, 7) is -0.302. The topological polar surface area (TPSA) is 0 Å². The van der Waals surface area contributed by atoms with Gasteiger partial charge in [-0.1, -0.05) is 54.6 Å². The number of benzene rings is 2. The molecule has 0 aliphatic carbocycles. The first kappa shape index (κ1) is 11.7. The zero-order valence-corrected chi connectivity index (χ0v) is 11.5. The minimum absolute atomic E-state index is 1.05. The van der Waals surface area contributed by atoms with Crippen LogP contribution in [-0.2, 0) is 0 Å². The van der Waals surface area contributed by atoms with E-state index >= 15 is 0 Å². The highest BCUT2D eigenvalue weighted by atomic mass is 35.7. The molecule has 0 bridgehead atoms. The smallest absolute Gasteiger partial charge is 0.140 e. The summed E-state index contributed by atoms with van der Waals surface area (Å²) < 4.78 is 0. The summed E-state index contributed by atoms with van der Waals surface area (Å²) >= 11 is 12.3. The van der Waals surface area contributed by atoms with Gasteiger partial charge in [0.1, 0.15) is 0 Å². The predicted octanol–water partition coefficient (Wildman–Crippen LogP) is 4.11. The van der Waals surface area contributed by atoms with E-state index in [-0.39, 0.29) is 0 Å². The summed E-state index contributed by atoms with van der Waals surface area (Å²) in [5.74, 6) is 0. The molecule has 2 aromatic carbocycles. The van der Waals surface area contributed by atoms with E-state index in [1.54, 1.807) is 0 Å². The normalized spacial score (nSPS) is 11.4. The first-order valence-electron chi connectivity index (χ1n) is 5.11. The minimum atomic E-state index is -2.21. The van der Waals surface area contributed by atoms with Crippen molar-refractivity contribution in [1.82, 2.24) is 0 Å². The molecule has 0 radical (unpaired) electrons. The molecule has 3 heteroatoms. The van der Waals surface area contributed by atoms with Crippen molar-refractivity contribution in [3.05, 3.63) is 54.6 Å². The SMILES string of the molecule is C[Si](Cl)(Cl)c1ccc(-c2ccccc2)cc1. The van der Waals surface area contributed by atoms with Crippen LogP contribution in [0.1, 0.15) is 0 Å². The van der Waals surface area contributed by atoms with Gasteiger partial charge < -0.3 is 0 Å². The molecule has 82 valence electrons. The van der Waals surface area contributed by atoms with Gasteiger partial charge in [0.2, 0.25) is 0 Å². The standard InChI is InChI=1S/C13H12Cl2Si/c1-16(14,15)13-9-7-12(8-10-13)11-5-3-2-4-6-11/h2-10H,1H3. The van der Waals surface area contributed by atoms with Crippen LogP contribution < -0.4 is 5.19 Å². The Hall–Kier alpha value is -0.763. The number of rotatable bonds is 2. The molecule has 0 saturated heterocycles. The van der Waals surface area contributed by atoms with E-state index in [9.17, 15) is 0 Å². The van der Waals surface area contributed by atoms with E-state index < -0.39 is 6.69 Å². The average Bonchev–Trinajstić information content (AvgIpc) is 2.29. The van der Waals surface area contributed by atoms with Gasteiger partial charge >= 0.3 is 0 Å². The quantitative estimate of drug-likeness (QED) is 0.567. The Balaban J connectivity index is 2.34. The summed E-state index contributed by atoms with van der Waals surface area (Å²) in [4.78, 5) is 0. The predicted molar refractivity (Wildman–Crippen MR) is 74.8 cm³/mol. The maximum absolute atomic E-state index is 6.16. The van der Waals surface area contributed by atoms with Crippen molar-refractivity contribution in [2.45, 2.75) is 6.55 Å². The lowest BCUT2D eigenvalue weighted by Gasteiger charge is -2.11. The fourth-order valence-electron chi connectivity index (χ4n) is 1.59. The van der Waals surface area contributed by atoms with Gasteiger partial charge in [0.15, 0.2) is 0 Å². The van der Waals surface area contributed by atoms with Crippen LogP contribution in [0.25, 0.3) is 11.1 Å². The average molecular weight is 267 g/mol. The molecule has 0 aliphatic heterocycles. The third-order valence-corrected chi connectivity index (χ3v) is 5.16. The number of hydrogen-bond acceptors (Lipinski definition) is 0. The summed E-state index contributed by atoms with van der Waals surface area (Å²) in [7, 11) is 0. The van der Waals surface area contributed by atoms with Crippen molar-refractivity contribution in [2.24, 2.45) is 0 Å². The largest absolute Gasteiger partial charge is 0.277 e. The molecule has 0 aromatic heterocycles. The van der Waals surface area contributed by atoms with Crippen LogP contribution in [-0.4, -0.2) is 6.69 Å². The van der Waals surface area contributed by atoms with E-state index in [2.05, 4.69) is 24.3 Å². The molecule has 0 nitrogen and oxygen atoms in total. The zero-order valence-electron chi connectivity index (χ0n) is 8.95. The molecule has 2 rings (SSSR count). The summed E-state index contributed by atoms with van der Waals surface area (Å²) in [5.41, 5.74) is 2.40. The van der Waals surface area contributed by atoms with Gasteiger partial charge in [0.05, 0.1) is 0 Å². The van der Waals surface area contributed by atoms with Gasteiger partial charge in [-0.15, -0.1) is 22.2 Å². The molecule has 0 fully saturated rings. The Labute approximate surface area is 106 Å². The molecule has 0 spiro atoms. The Morgan fingerprint density at radius 2 is 1.25 bits per heavy atom. The number of halogens is 2. The second-order valence-electron chi connectivity index (χ2n) is 3.83. The lowest BCUT2D eigenvalue weighted by molar-refractivity contribution is 1.63. The molecule has 0 unspecified atom stereocenters. The van der Waals surface area contributed by atoms with E-state index in [1.807, 2.05) is 36.9 Å². The van der Waals surface area contributed by atoms with Gasteiger partial charge in [-0.05, 0) is 22.9 Å². The fraction of sp³-hybridized carbons (Fsp3) is 0.0769. The van der Waals surface area contributed by atoms with Crippen molar-refractivity contribution in [1.29, 1.82) is 0 Å². The second kappa shape index (κ2) is 4.62. The van der Waals surface area contributed by atoms with Crippen molar-refractivity contribution in [3.63, 3.8) is 0 Å². The van der Waals surface area contributed by atoms with Crippen LogP contribution in [0, 0.1) is 0 Å². The van der Waals surface area contributed by atoms with Crippen LogP contribution in [0.15, 0.2) is 54.6 Å². The highest BCUT2D eigenvalue weighted by Crippen LogP contribution is 2.20. The Bertz CT molecular complexity index is 458. The third-order valence-electron chi connectivity index (χ3n) is 2.50. The molecule has 0 atom stereocenters. The van der Waals surface area contributed by atoms with Crippen LogP contribution in [0.5, 0.6) is 0 Å². The third kappa shape index (κ3) is 2.67. The maximum atomic E-state index is 6.16. The molecule has 16 heavy (non-hydrogen) atoms. The van der Waals surface area contributed by atoms with Crippen molar-refractivity contribution in [2.75, 3.05) is 0 Å². The molecule has 0 heterocycles. The van der Waals surface area contributed by atoms with Gasteiger partial charge in [-0.25, -0.2) is 0 Å². The lowest BCUT2D eigenvalue weighted by atomic mass is 10.1. The molecule has 0 N–H and O–H groups in total. The van der Waals surface area contributed by atoms with Crippen molar-refractivity contribution in [3.8, 4) is 11.1 Å². The Morgan fingerprint density at radius 1 is 0.750 bits per heavy atom. The molecule has 2 aromatic rings. The van der Waals surface area contributed by atoms with Gasteiger partial charge in [0, 0.05) is 0 Å². The lowest BCUT2D eigenvalue weighted by Crippen LogP contribution is -2.32. The molecule has 0 saturated carbocycles. The van der Waals surface area contributed by atoms with Gasteiger partial charge in [-0.2, -0.15) is 0 Å². The molecular formula is C13H12Cl2Si. The van der Waals surface area contributed by atoms with Crippen LogP contribution in [0.3, 0.4) is 0 Å². The second-order valence-corrected chi connectivity index (χ2v) is 11.3. The zero-order chi connectivity index (χ0) is 11.6. The Morgan fingerprint density at radius 3 is 1.75 bits per heavy atom. The van der Waals surface area contributed by atoms with E-state index in [4.69, 9.17) is 22.2 Å². The summed E-state index contributed by atoms with van der Waals surface area (Å²) in [6.07, 6.45) is 0. The number of hydrogen-bond donors (Lipinski definition) is 0. The first-order chi connectivity index (χ1) is 7.57. The summed E-state index contributed by atoms with van der Waals surface area (Å²) in [6, 6.07) is 18.4. The molecule has 0 aliphatic rings. The highest BCUT2D eigenvalue weighted by Gasteiger charge is 2.23. The highest BCUT2D eigenvalue weighted by molar-refractivity contribution is 7.50. The molecule has 0 amide bonds. The fourth-order valence-corrected chi connectivity index (χ4v) is 3.09. The minimum Gasteiger partial charge on any atom is -0.140 e.